The topological polar surface area (TPSA) is 58.3 Å². The number of aryl methyl sites for hydroxylation is 2. The van der Waals surface area contributed by atoms with E-state index >= 15 is 0 Å². The van der Waals surface area contributed by atoms with E-state index in [9.17, 15) is 10.2 Å². The van der Waals surface area contributed by atoms with Gasteiger partial charge >= 0.3 is 0 Å². The highest BCUT2D eigenvalue weighted by atomic mass is 16.3. The molecule has 1 aromatic heterocycles. The van der Waals surface area contributed by atoms with E-state index < -0.39 is 0 Å². The molecule has 0 saturated carbocycles. The van der Waals surface area contributed by atoms with Gasteiger partial charge in [0.2, 0.25) is 0 Å². The summed E-state index contributed by atoms with van der Waals surface area (Å²) in [5.74, 6) is -0.264. The van der Waals surface area contributed by atoms with Crippen molar-refractivity contribution in [2.75, 3.05) is 0 Å². The summed E-state index contributed by atoms with van der Waals surface area (Å²) in [4.78, 5) is 0. The number of hydrogen-bond acceptors (Lipinski definition) is 3. The minimum Gasteiger partial charge on any atom is -0.504 e. The SMILES string of the molecule is Cc1cc(C)n(-c2ccc(O)c(O)c2)n1. The average Bonchev–Trinajstić information content (AvgIpc) is 2.50. The van der Waals surface area contributed by atoms with Gasteiger partial charge in [-0.15, -0.1) is 0 Å². The summed E-state index contributed by atoms with van der Waals surface area (Å²) in [6.45, 7) is 3.84. The maximum atomic E-state index is 9.37. The molecule has 0 bridgehead atoms. The fourth-order valence-electron chi connectivity index (χ4n) is 1.53. The van der Waals surface area contributed by atoms with Crippen molar-refractivity contribution in [2.24, 2.45) is 0 Å². The Balaban J connectivity index is 2.54. The molecule has 0 aliphatic rings. The number of hydrogen-bond donors (Lipinski definition) is 2. The summed E-state index contributed by atoms with van der Waals surface area (Å²) in [5.41, 5.74) is 2.63. The van der Waals surface area contributed by atoms with E-state index in [4.69, 9.17) is 0 Å². The zero-order chi connectivity index (χ0) is 11.0. The van der Waals surface area contributed by atoms with Gasteiger partial charge in [-0.1, -0.05) is 0 Å². The van der Waals surface area contributed by atoms with Gasteiger partial charge in [0.1, 0.15) is 0 Å². The minimum absolute atomic E-state index is 0.125. The summed E-state index contributed by atoms with van der Waals surface area (Å²) in [6.07, 6.45) is 0. The molecule has 0 fully saturated rings. The average molecular weight is 204 g/mol. The minimum atomic E-state index is -0.139. The van der Waals surface area contributed by atoms with Gasteiger partial charge in [0.05, 0.1) is 11.4 Å². The number of phenolic OH excluding ortho intramolecular Hbond substituents is 2. The molecule has 0 aliphatic carbocycles. The van der Waals surface area contributed by atoms with Crippen LogP contribution in [0.3, 0.4) is 0 Å². The summed E-state index contributed by atoms with van der Waals surface area (Å²) < 4.78 is 1.72. The predicted molar refractivity (Wildman–Crippen MR) is 56.4 cm³/mol. The molecular formula is C11H12N2O2. The van der Waals surface area contributed by atoms with Crippen LogP contribution in [-0.4, -0.2) is 20.0 Å². The first kappa shape index (κ1) is 9.58. The Morgan fingerprint density at radius 1 is 1.07 bits per heavy atom. The van der Waals surface area contributed by atoms with Gasteiger partial charge in [0, 0.05) is 11.8 Å². The van der Waals surface area contributed by atoms with Crippen molar-refractivity contribution in [1.29, 1.82) is 0 Å². The normalized spacial score (nSPS) is 10.5. The molecule has 1 heterocycles. The molecule has 0 aliphatic heterocycles. The lowest BCUT2D eigenvalue weighted by atomic mass is 10.2. The van der Waals surface area contributed by atoms with Crippen LogP contribution in [0.1, 0.15) is 11.4 Å². The molecule has 0 saturated heterocycles. The van der Waals surface area contributed by atoms with Crippen molar-refractivity contribution in [3.05, 3.63) is 35.7 Å². The molecule has 0 atom stereocenters. The molecule has 2 N–H and O–H groups in total. The number of benzene rings is 1. The van der Waals surface area contributed by atoms with Gasteiger partial charge < -0.3 is 10.2 Å². The maximum Gasteiger partial charge on any atom is 0.159 e. The van der Waals surface area contributed by atoms with Gasteiger partial charge in [-0.25, -0.2) is 4.68 Å². The van der Waals surface area contributed by atoms with Crippen molar-refractivity contribution in [2.45, 2.75) is 13.8 Å². The zero-order valence-corrected chi connectivity index (χ0v) is 8.60. The monoisotopic (exact) mass is 204 g/mol. The second-order valence-corrected chi connectivity index (χ2v) is 3.51. The molecular weight excluding hydrogens is 192 g/mol. The molecule has 0 radical (unpaired) electrons. The van der Waals surface area contributed by atoms with Crippen LogP contribution in [0.25, 0.3) is 5.69 Å². The first-order valence-electron chi connectivity index (χ1n) is 4.63. The zero-order valence-electron chi connectivity index (χ0n) is 8.60. The molecule has 2 rings (SSSR count). The van der Waals surface area contributed by atoms with Crippen molar-refractivity contribution >= 4 is 0 Å². The Labute approximate surface area is 87.4 Å². The summed E-state index contributed by atoms with van der Waals surface area (Å²) >= 11 is 0. The first-order chi connectivity index (χ1) is 7.08. The molecule has 4 nitrogen and oxygen atoms in total. The highest BCUT2D eigenvalue weighted by Crippen LogP contribution is 2.26. The van der Waals surface area contributed by atoms with Crippen LogP contribution in [0.4, 0.5) is 0 Å². The number of rotatable bonds is 1. The van der Waals surface area contributed by atoms with E-state index in [-0.39, 0.29) is 11.5 Å². The van der Waals surface area contributed by atoms with Crippen LogP contribution in [0.2, 0.25) is 0 Å². The van der Waals surface area contributed by atoms with Crippen molar-refractivity contribution in [3.63, 3.8) is 0 Å². The van der Waals surface area contributed by atoms with E-state index in [1.54, 1.807) is 10.7 Å². The van der Waals surface area contributed by atoms with Crippen LogP contribution < -0.4 is 0 Å². The smallest absolute Gasteiger partial charge is 0.159 e. The van der Waals surface area contributed by atoms with E-state index in [2.05, 4.69) is 5.10 Å². The molecule has 78 valence electrons. The van der Waals surface area contributed by atoms with Gasteiger partial charge in [0.15, 0.2) is 11.5 Å². The van der Waals surface area contributed by atoms with Crippen molar-refractivity contribution in [1.82, 2.24) is 9.78 Å². The van der Waals surface area contributed by atoms with E-state index in [0.717, 1.165) is 17.1 Å². The Hall–Kier alpha value is -1.97. The van der Waals surface area contributed by atoms with Crippen LogP contribution in [-0.2, 0) is 0 Å². The second kappa shape index (κ2) is 3.31. The third-order valence-electron chi connectivity index (χ3n) is 2.21. The van der Waals surface area contributed by atoms with E-state index in [1.165, 1.54) is 12.1 Å². The van der Waals surface area contributed by atoms with Crippen LogP contribution in [0, 0.1) is 13.8 Å². The summed E-state index contributed by atoms with van der Waals surface area (Å²) in [5, 5.41) is 22.8. The number of phenols is 2. The standard InChI is InChI=1S/C11H12N2O2/c1-7-5-8(2)13(12-7)9-3-4-10(14)11(15)6-9/h3-6,14-15H,1-2H3. The fraction of sp³-hybridized carbons (Fsp3) is 0.182. The summed E-state index contributed by atoms with van der Waals surface area (Å²) in [6, 6.07) is 6.58. The molecule has 4 heteroatoms. The van der Waals surface area contributed by atoms with Gasteiger partial charge in [-0.2, -0.15) is 5.10 Å². The van der Waals surface area contributed by atoms with Crippen LogP contribution in [0.5, 0.6) is 11.5 Å². The fourth-order valence-corrected chi connectivity index (χ4v) is 1.53. The Bertz CT molecular complexity index is 503. The maximum absolute atomic E-state index is 9.37. The largest absolute Gasteiger partial charge is 0.504 e. The first-order valence-corrected chi connectivity index (χ1v) is 4.63. The Kier molecular flexibility index (Phi) is 2.11. The molecule has 1 aromatic carbocycles. The van der Waals surface area contributed by atoms with Gasteiger partial charge in [-0.3, -0.25) is 0 Å². The van der Waals surface area contributed by atoms with E-state index in [0.29, 0.717) is 0 Å². The lowest BCUT2D eigenvalue weighted by molar-refractivity contribution is 0.403. The third kappa shape index (κ3) is 1.66. The lowest BCUT2D eigenvalue weighted by Crippen LogP contribution is -1.98. The lowest BCUT2D eigenvalue weighted by Gasteiger charge is -2.05. The number of nitrogens with zero attached hydrogens (tertiary/aromatic N) is 2. The molecule has 2 aromatic rings. The van der Waals surface area contributed by atoms with E-state index in [1.807, 2.05) is 19.9 Å². The number of aromatic nitrogens is 2. The Morgan fingerprint density at radius 2 is 1.80 bits per heavy atom. The highest BCUT2D eigenvalue weighted by molar-refractivity contribution is 5.47. The second-order valence-electron chi connectivity index (χ2n) is 3.51. The van der Waals surface area contributed by atoms with Crippen LogP contribution >= 0.6 is 0 Å². The predicted octanol–water partition coefficient (Wildman–Crippen LogP) is 1.90. The quantitative estimate of drug-likeness (QED) is 0.697. The molecule has 0 unspecified atom stereocenters. The molecule has 15 heavy (non-hydrogen) atoms. The molecule has 0 amide bonds. The van der Waals surface area contributed by atoms with Gasteiger partial charge in [-0.05, 0) is 32.0 Å². The molecule has 0 spiro atoms. The summed E-state index contributed by atoms with van der Waals surface area (Å²) in [7, 11) is 0. The number of aromatic hydroxyl groups is 2. The highest BCUT2D eigenvalue weighted by Gasteiger charge is 2.06. The van der Waals surface area contributed by atoms with Crippen molar-refractivity contribution < 1.29 is 10.2 Å². The van der Waals surface area contributed by atoms with Crippen molar-refractivity contribution in [3.8, 4) is 17.2 Å². The Morgan fingerprint density at radius 3 is 2.33 bits per heavy atom. The van der Waals surface area contributed by atoms with Crippen LogP contribution in [0.15, 0.2) is 24.3 Å². The third-order valence-corrected chi connectivity index (χ3v) is 2.21. The van der Waals surface area contributed by atoms with Gasteiger partial charge in [0.25, 0.3) is 0 Å².